The number of halogens is 1. The molecule has 2 atom stereocenters. The molecule has 1 fully saturated rings. The summed E-state index contributed by atoms with van der Waals surface area (Å²) in [7, 11) is 1.58. The van der Waals surface area contributed by atoms with E-state index in [2.05, 4.69) is 15.3 Å². The van der Waals surface area contributed by atoms with E-state index in [0.29, 0.717) is 13.1 Å². The Kier molecular flexibility index (Phi) is 7.50. The molecule has 0 aliphatic carbocycles. The molecule has 0 radical (unpaired) electrons. The summed E-state index contributed by atoms with van der Waals surface area (Å²) in [5.41, 5.74) is 0.437. The molecule has 2 heterocycles. The number of anilines is 1. The first-order chi connectivity index (χ1) is 15.2. The second-order valence-electron chi connectivity index (χ2n) is 8.53. The lowest BCUT2D eigenvalue weighted by molar-refractivity contribution is -0.119. The number of nitrogens with one attached hydrogen (secondary N) is 1. The number of rotatable bonds is 9. The van der Waals surface area contributed by atoms with Gasteiger partial charge in [0.25, 0.3) is 5.88 Å². The maximum absolute atomic E-state index is 15.0. The summed E-state index contributed by atoms with van der Waals surface area (Å²) in [5.74, 6) is 0.182. The number of carbonyl (C=O) groups is 1. The molecule has 1 aromatic carbocycles. The molecule has 174 valence electrons. The highest BCUT2D eigenvalue weighted by Crippen LogP contribution is 2.28. The number of methoxy groups -OCH3 is 1. The van der Waals surface area contributed by atoms with E-state index in [1.165, 1.54) is 13.3 Å². The van der Waals surface area contributed by atoms with Crippen molar-refractivity contribution in [2.45, 2.75) is 51.9 Å². The topological polar surface area (TPSA) is 85.8 Å². The summed E-state index contributed by atoms with van der Waals surface area (Å²) in [6.07, 6.45) is 1.94. The Morgan fingerprint density at radius 2 is 2.03 bits per heavy atom. The normalized spacial score (nSPS) is 17.2. The van der Waals surface area contributed by atoms with E-state index in [9.17, 15) is 9.18 Å². The predicted octanol–water partition coefficient (Wildman–Crippen LogP) is 3.27. The Labute approximate surface area is 188 Å². The van der Waals surface area contributed by atoms with Crippen LogP contribution in [-0.4, -0.2) is 54.4 Å². The SMILES string of the molecule is COC(C)(C)COc1ncnc(N2CC[C@@H](Oc3ccc([C@H](C)NC(C)=O)cc3)C2)c1F. The van der Waals surface area contributed by atoms with Crippen molar-refractivity contribution in [1.82, 2.24) is 15.3 Å². The second kappa shape index (κ2) is 10.1. The van der Waals surface area contributed by atoms with Crippen molar-refractivity contribution in [1.29, 1.82) is 0 Å². The maximum Gasteiger partial charge on any atom is 0.255 e. The fraction of sp³-hybridized carbons (Fsp3) is 0.522. The van der Waals surface area contributed by atoms with Gasteiger partial charge in [-0.05, 0) is 38.5 Å². The first-order valence-corrected chi connectivity index (χ1v) is 10.7. The van der Waals surface area contributed by atoms with E-state index in [-0.39, 0.29) is 36.4 Å². The summed E-state index contributed by atoms with van der Waals surface area (Å²) < 4.78 is 31.9. The zero-order chi connectivity index (χ0) is 23.3. The van der Waals surface area contributed by atoms with Gasteiger partial charge < -0.3 is 24.4 Å². The van der Waals surface area contributed by atoms with Crippen LogP contribution in [0, 0.1) is 5.82 Å². The van der Waals surface area contributed by atoms with Gasteiger partial charge in [0.15, 0.2) is 5.82 Å². The molecule has 3 rings (SSSR count). The molecule has 8 nitrogen and oxygen atoms in total. The van der Waals surface area contributed by atoms with E-state index < -0.39 is 11.4 Å². The van der Waals surface area contributed by atoms with Crippen molar-refractivity contribution < 1.29 is 23.4 Å². The van der Waals surface area contributed by atoms with Crippen LogP contribution in [0.5, 0.6) is 11.6 Å². The third-order valence-electron chi connectivity index (χ3n) is 5.40. The van der Waals surface area contributed by atoms with E-state index >= 15 is 0 Å². The molecule has 0 saturated carbocycles. The highest BCUT2D eigenvalue weighted by molar-refractivity contribution is 5.73. The van der Waals surface area contributed by atoms with Gasteiger partial charge in [-0.15, -0.1) is 0 Å². The maximum atomic E-state index is 15.0. The summed E-state index contributed by atoms with van der Waals surface area (Å²) in [6.45, 7) is 8.40. The number of amides is 1. The Bertz CT molecular complexity index is 923. The Morgan fingerprint density at radius 1 is 1.31 bits per heavy atom. The van der Waals surface area contributed by atoms with Crippen LogP contribution in [0.15, 0.2) is 30.6 Å². The molecule has 2 aromatic rings. The highest BCUT2D eigenvalue weighted by Gasteiger charge is 2.29. The molecular formula is C23H31FN4O4. The zero-order valence-corrected chi connectivity index (χ0v) is 19.2. The van der Waals surface area contributed by atoms with E-state index in [4.69, 9.17) is 14.2 Å². The third kappa shape index (κ3) is 6.06. The summed E-state index contributed by atoms with van der Waals surface area (Å²) in [6, 6.07) is 7.54. The molecule has 1 aliphatic heterocycles. The van der Waals surface area contributed by atoms with Crippen molar-refractivity contribution in [3.8, 4) is 11.6 Å². The molecule has 1 aromatic heterocycles. The van der Waals surface area contributed by atoms with Crippen LogP contribution in [-0.2, 0) is 9.53 Å². The molecule has 0 spiro atoms. The number of hydrogen-bond acceptors (Lipinski definition) is 7. The summed E-state index contributed by atoms with van der Waals surface area (Å²) >= 11 is 0. The van der Waals surface area contributed by atoms with Crippen LogP contribution in [0.4, 0.5) is 10.2 Å². The number of ether oxygens (including phenoxy) is 3. The van der Waals surface area contributed by atoms with E-state index in [1.807, 2.05) is 49.9 Å². The molecule has 32 heavy (non-hydrogen) atoms. The Morgan fingerprint density at radius 3 is 2.69 bits per heavy atom. The van der Waals surface area contributed by atoms with Crippen molar-refractivity contribution in [3.05, 3.63) is 42.0 Å². The van der Waals surface area contributed by atoms with Crippen LogP contribution in [0.1, 0.15) is 45.7 Å². The molecule has 1 saturated heterocycles. The quantitative estimate of drug-likeness (QED) is 0.633. The minimum absolute atomic E-state index is 0.0724. The van der Waals surface area contributed by atoms with Gasteiger partial charge in [-0.1, -0.05) is 12.1 Å². The monoisotopic (exact) mass is 446 g/mol. The number of hydrogen-bond donors (Lipinski definition) is 1. The smallest absolute Gasteiger partial charge is 0.255 e. The van der Waals surface area contributed by atoms with Gasteiger partial charge in [-0.25, -0.2) is 4.98 Å². The Hall–Kier alpha value is -2.94. The minimum Gasteiger partial charge on any atom is -0.489 e. The molecule has 9 heteroatoms. The number of aromatic nitrogens is 2. The standard InChI is InChI=1S/C23H31FN4O4/c1-15(27-16(2)29)17-6-8-18(9-7-17)32-19-10-11-28(12-19)21-20(24)22(26-14-25-21)31-13-23(3,4)30-5/h6-9,14-15,19H,10-13H2,1-5H3,(H,27,29)/t15-,19+/m0/s1. The molecule has 1 aliphatic rings. The lowest BCUT2D eigenvalue weighted by Crippen LogP contribution is -2.31. The minimum atomic E-state index is -0.587. The number of benzene rings is 1. The molecular weight excluding hydrogens is 415 g/mol. The van der Waals surface area contributed by atoms with Gasteiger partial charge >= 0.3 is 0 Å². The fourth-order valence-corrected chi connectivity index (χ4v) is 3.40. The highest BCUT2D eigenvalue weighted by atomic mass is 19.1. The largest absolute Gasteiger partial charge is 0.489 e. The van der Waals surface area contributed by atoms with Crippen molar-refractivity contribution >= 4 is 11.7 Å². The zero-order valence-electron chi connectivity index (χ0n) is 19.2. The van der Waals surface area contributed by atoms with Gasteiger partial charge in [-0.2, -0.15) is 9.37 Å². The summed E-state index contributed by atoms with van der Waals surface area (Å²) in [4.78, 5) is 21.1. The van der Waals surface area contributed by atoms with Gasteiger partial charge in [0, 0.05) is 27.0 Å². The lowest BCUT2D eigenvalue weighted by atomic mass is 10.1. The molecule has 0 bridgehead atoms. The van der Waals surface area contributed by atoms with Crippen LogP contribution >= 0.6 is 0 Å². The Balaban J connectivity index is 1.60. The van der Waals surface area contributed by atoms with Crippen LogP contribution in [0.25, 0.3) is 0 Å². The van der Waals surface area contributed by atoms with Gasteiger partial charge in [0.05, 0.1) is 18.2 Å². The van der Waals surface area contributed by atoms with E-state index in [0.717, 1.165) is 17.7 Å². The molecule has 0 unspecified atom stereocenters. The fourth-order valence-electron chi connectivity index (χ4n) is 3.40. The van der Waals surface area contributed by atoms with Crippen molar-refractivity contribution in [2.75, 3.05) is 31.7 Å². The second-order valence-corrected chi connectivity index (χ2v) is 8.53. The van der Waals surface area contributed by atoms with E-state index in [1.54, 1.807) is 7.11 Å². The first kappa shape index (κ1) is 23.7. The predicted molar refractivity (Wildman–Crippen MR) is 118 cm³/mol. The van der Waals surface area contributed by atoms with Crippen molar-refractivity contribution in [3.63, 3.8) is 0 Å². The van der Waals surface area contributed by atoms with Crippen LogP contribution in [0.2, 0.25) is 0 Å². The third-order valence-corrected chi connectivity index (χ3v) is 5.40. The number of carbonyl (C=O) groups excluding carboxylic acids is 1. The number of nitrogens with zero attached hydrogens (tertiary/aromatic N) is 3. The average Bonchev–Trinajstić information content (AvgIpc) is 3.21. The average molecular weight is 447 g/mol. The molecule has 1 amide bonds. The van der Waals surface area contributed by atoms with Crippen LogP contribution < -0.4 is 19.7 Å². The lowest BCUT2D eigenvalue weighted by Gasteiger charge is -2.23. The first-order valence-electron chi connectivity index (χ1n) is 10.7. The summed E-state index contributed by atoms with van der Waals surface area (Å²) in [5, 5.41) is 2.85. The van der Waals surface area contributed by atoms with Crippen molar-refractivity contribution in [2.24, 2.45) is 0 Å². The molecule has 1 N–H and O–H groups in total. The van der Waals surface area contributed by atoms with Gasteiger partial charge in [0.2, 0.25) is 11.7 Å². The van der Waals surface area contributed by atoms with Gasteiger partial charge in [-0.3, -0.25) is 4.79 Å². The van der Waals surface area contributed by atoms with Gasteiger partial charge in [0.1, 0.15) is 24.8 Å². The van der Waals surface area contributed by atoms with Crippen LogP contribution in [0.3, 0.4) is 0 Å².